The van der Waals surface area contributed by atoms with E-state index in [9.17, 15) is 4.79 Å². The summed E-state index contributed by atoms with van der Waals surface area (Å²) in [6, 6.07) is 12.7. The van der Waals surface area contributed by atoms with Crippen molar-refractivity contribution < 1.29 is 9.53 Å². The minimum absolute atomic E-state index is 0.117. The molecule has 1 heterocycles. The molecule has 2 rings (SSSR count). The van der Waals surface area contributed by atoms with Crippen LogP contribution in [0.25, 0.3) is 0 Å². The van der Waals surface area contributed by atoms with E-state index in [0.29, 0.717) is 5.75 Å². The monoisotopic (exact) mass is 405 g/mol. The van der Waals surface area contributed by atoms with Gasteiger partial charge >= 0.3 is 6.09 Å². The van der Waals surface area contributed by atoms with E-state index in [-0.39, 0.29) is 12.1 Å². The number of ether oxygens (including phenoxy) is 1. The number of hydrogen-bond donors (Lipinski definition) is 0. The molecule has 0 N–H and O–H groups in total. The number of para-hydroxylation sites is 1. The third-order valence-electron chi connectivity index (χ3n) is 5.27. The number of benzene rings is 1. The second-order valence-electron chi connectivity index (χ2n) is 7.42. The first-order valence-corrected chi connectivity index (χ1v) is 13.1. The van der Waals surface area contributed by atoms with Gasteiger partial charge < -0.3 is 4.74 Å². The molecular weight excluding hydrogens is 374 g/mol. The van der Waals surface area contributed by atoms with E-state index in [1.165, 1.54) is 23.3 Å². The molecule has 1 aliphatic heterocycles. The van der Waals surface area contributed by atoms with Crippen molar-refractivity contribution >= 4 is 25.8 Å². The van der Waals surface area contributed by atoms with Crippen LogP contribution in [-0.4, -0.2) is 25.1 Å². The molecule has 0 aromatic heterocycles. The molecule has 1 atom stereocenters. The zero-order valence-electron chi connectivity index (χ0n) is 17.0. The van der Waals surface area contributed by atoms with Crippen LogP contribution in [0.2, 0.25) is 18.1 Å². The highest BCUT2D eigenvalue weighted by atomic mass is 35.5. The average molecular weight is 406 g/mol. The molecule has 0 bridgehead atoms. The third-order valence-corrected chi connectivity index (χ3v) is 11.7. The van der Waals surface area contributed by atoms with E-state index in [1.807, 2.05) is 37.4 Å². The van der Waals surface area contributed by atoms with Crippen LogP contribution in [0.5, 0.6) is 5.75 Å². The molecule has 5 heteroatoms. The fourth-order valence-electron chi connectivity index (χ4n) is 4.17. The average Bonchev–Trinajstić information content (AvgIpc) is 2.63. The summed E-state index contributed by atoms with van der Waals surface area (Å²) in [6.45, 7) is 8.72. The normalized spacial score (nSPS) is 17.4. The van der Waals surface area contributed by atoms with Crippen molar-refractivity contribution in [3.05, 3.63) is 52.8 Å². The van der Waals surface area contributed by atoms with Gasteiger partial charge in [0.05, 0.1) is 14.1 Å². The maximum absolute atomic E-state index is 12.8. The van der Waals surface area contributed by atoms with Crippen LogP contribution in [0.15, 0.2) is 52.8 Å². The van der Waals surface area contributed by atoms with Crippen molar-refractivity contribution in [2.24, 2.45) is 0 Å². The predicted molar refractivity (Wildman–Crippen MR) is 117 cm³/mol. The first kappa shape index (κ1) is 21.8. The predicted octanol–water partition coefficient (Wildman–Crippen LogP) is 7.11. The molecule has 1 amide bonds. The molecule has 0 radical (unpaired) electrons. The van der Waals surface area contributed by atoms with Gasteiger partial charge in [-0.3, -0.25) is 4.90 Å². The molecule has 1 aromatic carbocycles. The van der Waals surface area contributed by atoms with Gasteiger partial charge in [0.2, 0.25) is 0 Å². The summed E-state index contributed by atoms with van der Waals surface area (Å²) < 4.78 is 5.59. The third kappa shape index (κ3) is 5.26. The number of hydrogen-bond acceptors (Lipinski definition) is 2. The maximum atomic E-state index is 12.8. The second kappa shape index (κ2) is 10.1. The Morgan fingerprint density at radius 2 is 1.63 bits per heavy atom. The van der Waals surface area contributed by atoms with Crippen molar-refractivity contribution in [2.45, 2.75) is 71.1 Å². The van der Waals surface area contributed by atoms with Crippen molar-refractivity contribution in [2.75, 3.05) is 0 Å². The largest absolute Gasteiger partial charge is 0.419 e. The number of nitrogens with zero attached hydrogens (tertiary/aromatic N) is 1. The molecule has 0 fully saturated rings. The summed E-state index contributed by atoms with van der Waals surface area (Å²) >= 11 is 6.75. The van der Waals surface area contributed by atoms with E-state index >= 15 is 0 Å². The van der Waals surface area contributed by atoms with Gasteiger partial charge in [-0.05, 0) is 30.3 Å². The van der Waals surface area contributed by atoms with Crippen molar-refractivity contribution in [1.82, 2.24) is 4.90 Å². The van der Waals surface area contributed by atoms with Crippen LogP contribution in [0, 0.1) is 0 Å². The van der Waals surface area contributed by atoms with Gasteiger partial charge in [-0.25, -0.2) is 4.79 Å². The van der Waals surface area contributed by atoms with Gasteiger partial charge in [-0.2, -0.15) is 0 Å². The highest BCUT2D eigenvalue weighted by Gasteiger charge is 2.39. The smallest absolute Gasteiger partial charge is 0.410 e. The molecule has 3 nitrogen and oxygen atoms in total. The van der Waals surface area contributed by atoms with Gasteiger partial charge in [-0.15, -0.1) is 0 Å². The molecular formula is C22H32ClNO2Si. The van der Waals surface area contributed by atoms with E-state index in [4.69, 9.17) is 16.3 Å². The summed E-state index contributed by atoms with van der Waals surface area (Å²) in [5.74, 6) is 0.560. The molecule has 0 saturated heterocycles. The second-order valence-corrected chi connectivity index (χ2v) is 12.4. The van der Waals surface area contributed by atoms with E-state index in [0.717, 1.165) is 24.3 Å². The Morgan fingerprint density at radius 1 is 1.07 bits per heavy atom. The Kier molecular flexibility index (Phi) is 8.18. The van der Waals surface area contributed by atoms with Crippen LogP contribution in [-0.2, 0) is 0 Å². The van der Waals surface area contributed by atoms with Gasteiger partial charge in [0.15, 0.2) is 0 Å². The molecule has 0 saturated carbocycles. The van der Waals surface area contributed by atoms with Crippen LogP contribution in [0.1, 0.15) is 47.0 Å². The molecule has 1 unspecified atom stereocenters. The van der Waals surface area contributed by atoms with E-state index in [2.05, 4.69) is 20.8 Å². The Balaban J connectivity index is 2.36. The number of rotatable bonds is 8. The quantitative estimate of drug-likeness (QED) is 0.431. The molecule has 0 spiro atoms. The number of carbonyl (C=O) groups is 1. The molecule has 148 valence electrons. The fourth-order valence-corrected chi connectivity index (χ4v) is 10.4. The Hall–Kier alpha value is -1.52. The lowest BCUT2D eigenvalue weighted by Gasteiger charge is -2.38. The zero-order chi connectivity index (χ0) is 19.9. The maximum Gasteiger partial charge on any atom is 0.419 e. The first-order chi connectivity index (χ1) is 13.0. The summed E-state index contributed by atoms with van der Waals surface area (Å²) in [5.41, 5.74) is 0. The van der Waals surface area contributed by atoms with Crippen molar-refractivity contribution in [3.8, 4) is 5.75 Å². The SMILES string of the molecule is CCC[Si](CCC)(CCC)C1=CN(C(=O)Oc2ccccc2)C(C)C=C1Cl. The fraction of sp³-hybridized carbons (Fsp3) is 0.500. The standard InChI is InChI=1S/C22H32ClNO2Si/c1-5-13-27(14-6-2,15-7-3)21-17-24(18(4)16-20(21)23)22(25)26-19-11-9-8-10-12-19/h8-12,16-18H,5-7,13-15H2,1-4H3. The van der Waals surface area contributed by atoms with E-state index in [1.54, 1.807) is 17.0 Å². The van der Waals surface area contributed by atoms with Crippen molar-refractivity contribution in [1.29, 1.82) is 0 Å². The summed E-state index contributed by atoms with van der Waals surface area (Å²) in [4.78, 5) is 14.5. The molecule has 27 heavy (non-hydrogen) atoms. The van der Waals surface area contributed by atoms with Crippen LogP contribution < -0.4 is 4.74 Å². The lowest BCUT2D eigenvalue weighted by Crippen LogP contribution is -2.43. The molecule has 1 aliphatic rings. The van der Waals surface area contributed by atoms with Crippen LogP contribution in [0.4, 0.5) is 4.79 Å². The number of carbonyl (C=O) groups excluding carboxylic acids is 1. The lowest BCUT2D eigenvalue weighted by molar-refractivity contribution is 0.163. The van der Waals surface area contributed by atoms with Gasteiger partial charge in [0, 0.05) is 11.2 Å². The summed E-state index contributed by atoms with van der Waals surface area (Å²) in [5, 5.41) is 2.06. The summed E-state index contributed by atoms with van der Waals surface area (Å²) in [7, 11) is -1.76. The topological polar surface area (TPSA) is 29.5 Å². The van der Waals surface area contributed by atoms with Crippen molar-refractivity contribution in [3.63, 3.8) is 0 Å². The van der Waals surface area contributed by atoms with E-state index < -0.39 is 8.07 Å². The molecule has 1 aromatic rings. The lowest BCUT2D eigenvalue weighted by atomic mass is 10.2. The highest BCUT2D eigenvalue weighted by Crippen LogP contribution is 2.40. The molecule has 0 aliphatic carbocycles. The number of allylic oxidation sites excluding steroid dienone is 2. The van der Waals surface area contributed by atoms with Crippen LogP contribution >= 0.6 is 11.6 Å². The summed E-state index contributed by atoms with van der Waals surface area (Å²) in [6.07, 6.45) is 7.11. The zero-order valence-corrected chi connectivity index (χ0v) is 18.8. The van der Waals surface area contributed by atoms with Gasteiger partial charge in [-0.1, -0.05) is 88.0 Å². The Labute approximate surface area is 170 Å². The van der Waals surface area contributed by atoms with Crippen LogP contribution in [0.3, 0.4) is 0 Å². The Morgan fingerprint density at radius 3 is 2.15 bits per heavy atom. The van der Waals surface area contributed by atoms with Gasteiger partial charge in [0.25, 0.3) is 0 Å². The first-order valence-electron chi connectivity index (χ1n) is 10.1. The number of halogens is 1. The highest BCUT2D eigenvalue weighted by molar-refractivity contribution is 6.88. The number of amides is 1. The van der Waals surface area contributed by atoms with Gasteiger partial charge in [0.1, 0.15) is 5.75 Å². The minimum Gasteiger partial charge on any atom is -0.410 e. The Bertz CT molecular complexity index is 670. The minimum atomic E-state index is -1.76.